The van der Waals surface area contributed by atoms with Crippen LogP contribution in [0.4, 0.5) is 0 Å². The summed E-state index contributed by atoms with van der Waals surface area (Å²) in [6.07, 6.45) is 0.261. The standard InChI is InChI=1S/C34H57N5O7/c1-9-13-25(36-34(46)31(22(8)10-2)39-28(42)18-23-14-12-15-24(40)17-23)32(44)37-26(16-20(4)5)27(41)19-29(43)38-30(21(6)7)33(45)35-11-3/h12,14-15,17,20-22,25-27,30-31,40-41H,9-11,13,16,18-19H2,1-8H3,(H,35,45)(H,36,46)(H,37,44)(H,38,43)(H,39,42)/t22-,25-,26-,27-,30-,31-/m0/s1. The summed E-state index contributed by atoms with van der Waals surface area (Å²) in [5.41, 5.74) is 0.594. The van der Waals surface area contributed by atoms with Crippen LogP contribution in [-0.2, 0) is 30.4 Å². The first-order valence-corrected chi connectivity index (χ1v) is 16.6. The summed E-state index contributed by atoms with van der Waals surface area (Å²) in [5, 5.41) is 34.6. The Bertz CT molecular complexity index is 1140. The number of amides is 5. The van der Waals surface area contributed by atoms with Crippen molar-refractivity contribution in [3.8, 4) is 5.75 Å². The number of aliphatic hydroxyl groups is 1. The molecule has 12 nitrogen and oxygen atoms in total. The largest absolute Gasteiger partial charge is 0.508 e. The molecule has 1 rings (SSSR count). The first-order valence-electron chi connectivity index (χ1n) is 16.6. The van der Waals surface area contributed by atoms with Crippen LogP contribution in [-0.4, -0.2) is 76.6 Å². The molecule has 0 aliphatic heterocycles. The van der Waals surface area contributed by atoms with Gasteiger partial charge in [-0.3, -0.25) is 24.0 Å². The second-order valence-electron chi connectivity index (χ2n) is 12.8. The first-order chi connectivity index (χ1) is 21.6. The minimum Gasteiger partial charge on any atom is -0.508 e. The van der Waals surface area contributed by atoms with Crippen LogP contribution < -0.4 is 26.6 Å². The maximum absolute atomic E-state index is 13.5. The molecule has 0 radical (unpaired) electrons. The number of aliphatic hydroxyl groups excluding tert-OH is 1. The summed E-state index contributed by atoms with van der Waals surface area (Å²) in [7, 11) is 0. The molecule has 1 aromatic rings. The molecule has 12 heteroatoms. The van der Waals surface area contributed by atoms with Crippen LogP contribution in [0.25, 0.3) is 0 Å². The lowest BCUT2D eigenvalue weighted by atomic mass is 9.95. The summed E-state index contributed by atoms with van der Waals surface area (Å²) in [5.74, 6) is -2.53. The van der Waals surface area contributed by atoms with E-state index in [1.807, 2.05) is 48.5 Å². The van der Waals surface area contributed by atoms with Crippen LogP contribution in [0, 0.1) is 17.8 Å². The number of aromatic hydroxyl groups is 1. The van der Waals surface area contributed by atoms with Crippen molar-refractivity contribution in [3.05, 3.63) is 29.8 Å². The van der Waals surface area contributed by atoms with Crippen LogP contribution in [0.2, 0.25) is 0 Å². The Morgan fingerprint density at radius 3 is 2.00 bits per heavy atom. The number of nitrogens with one attached hydrogen (secondary N) is 5. The van der Waals surface area contributed by atoms with Crippen LogP contribution in [0.5, 0.6) is 5.75 Å². The number of hydrogen-bond acceptors (Lipinski definition) is 7. The van der Waals surface area contributed by atoms with Crippen LogP contribution in [0.1, 0.15) is 93.1 Å². The first kappa shape index (κ1) is 40.4. The van der Waals surface area contributed by atoms with E-state index in [2.05, 4.69) is 26.6 Å². The minimum absolute atomic E-state index is 0.0307. The van der Waals surface area contributed by atoms with Crippen molar-refractivity contribution in [3.63, 3.8) is 0 Å². The minimum atomic E-state index is -1.24. The third kappa shape index (κ3) is 14.2. The number of carbonyl (C=O) groups excluding carboxylic acids is 5. The molecule has 7 N–H and O–H groups in total. The van der Waals surface area contributed by atoms with E-state index < -0.39 is 53.9 Å². The Balaban J connectivity index is 3.03. The van der Waals surface area contributed by atoms with Gasteiger partial charge in [0.25, 0.3) is 0 Å². The SMILES string of the molecule is CCC[C@H](NC(=O)[C@@H](NC(=O)Cc1cccc(O)c1)[C@@H](C)CC)C(=O)N[C@@H](CC(C)C)[C@@H](O)CC(=O)N[C@H](C(=O)NCC)C(C)C. The van der Waals surface area contributed by atoms with Crippen molar-refractivity contribution in [1.82, 2.24) is 26.6 Å². The highest BCUT2D eigenvalue weighted by atomic mass is 16.3. The van der Waals surface area contributed by atoms with E-state index in [4.69, 9.17) is 0 Å². The molecule has 0 aliphatic rings. The molecule has 1 aromatic carbocycles. The second kappa shape index (κ2) is 20.5. The Morgan fingerprint density at radius 1 is 0.804 bits per heavy atom. The molecule has 260 valence electrons. The van der Waals surface area contributed by atoms with Crippen LogP contribution in [0.3, 0.4) is 0 Å². The predicted molar refractivity (Wildman–Crippen MR) is 177 cm³/mol. The highest BCUT2D eigenvalue weighted by Gasteiger charge is 2.33. The average molecular weight is 648 g/mol. The van der Waals surface area contributed by atoms with Gasteiger partial charge < -0.3 is 36.8 Å². The molecule has 0 saturated heterocycles. The summed E-state index contributed by atoms with van der Waals surface area (Å²) in [6.45, 7) is 15.3. The number of hydrogen-bond donors (Lipinski definition) is 7. The van der Waals surface area contributed by atoms with Gasteiger partial charge in [-0.15, -0.1) is 0 Å². The van der Waals surface area contributed by atoms with Gasteiger partial charge in [-0.05, 0) is 55.2 Å². The quantitative estimate of drug-likeness (QED) is 0.113. The van der Waals surface area contributed by atoms with E-state index in [-0.39, 0.29) is 42.3 Å². The highest BCUT2D eigenvalue weighted by Crippen LogP contribution is 2.15. The monoisotopic (exact) mass is 647 g/mol. The lowest BCUT2D eigenvalue weighted by Gasteiger charge is -2.30. The maximum Gasteiger partial charge on any atom is 0.243 e. The molecule has 0 saturated carbocycles. The Hall–Kier alpha value is -3.67. The molecule has 0 bridgehead atoms. The normalized spacial score (nSPS) is 15.2. The van der Waals surface area contributed by atoms with E-state index in [0.717, 1.165) is 0 Å². The third-order valence-corrected chi connectivity index (χ3v) is 7.83. The van der Waals surface area contributed by atoms with Gasteiger partial charge in [0, 0.05) is 6.54 Å². The molecular formula is C34H57N5O7. The van der Waals surface area contributed by atoms with Crippen molar-refractivity contribution in [2.45, 2.75) is 124 Å². The molecule has 0 fully saturated rings. The summed E-state index contributed by atoms with van der Waals surface area (Å²) in [6, 6.07) is 2.94. The molecule has 0 spiro atoms. The number of carbonyl (C=O) groups is 5. The van der Waals surface area contributed by atoms with Crippen molar-refractivity contribution >= 4 is 29.5 Å². The number of benzene rings is 1. The fraction of sp³-hybridized carbons (Fsp3) is 0.676. The maximum atomic E-state index is 13.5. The fourth-order valence-corrected chi connectivity index (χ4v) is 5.08. The molecule has 6 atom stereocenters. The molecule has 0 unspecified atom stereocenters. The van der Waals surface area contributed by atoms with Crippen molar-refractivity contribution in [2.75, 3.05) is 6.54 Å². The fourth-order valence-electron chi connectivity index (χ4n) is 5.08. The summed E-state index contributed by atoms with van der Waals surface area (Å²) < 4.78 is 0. The summed E-state index contributed by atoms with van der Waals surface area (Å²) in [4.78, 5) is 65.1. The van der Waals surface area contributed by atoms with Gasteiger partial charge in [-0.2, -0.15) is 0 Å². The molecular weight excluding hydrogens is 590 g/mol. The molecule has 0 aromatic heterocycles. The van der Waals surface area contributed by atoms with Gasteiger partial charge in [0.1, 0.15) is 23.9 Å². The highest BCUT2D eigenvalue weighted by molar-refractivity contribution is 5.93. The van der Waals surface area contributed by atoms with Crippen LogP contribution >= 0.6 is 0 Å². The lowest BCUT2D eigenvalue weighted by molar-refractivity contribution is -0.134. The third-order valence-electron chi connectivity index (χ3n) is 7.83. The van der Waals surface area contributed by atoms with Crippen molar-refractivity contribution in [1.29, 1.82) is 0 Å². The second-order valence-corrected chi connectivity index (χ2v) is 12.8. The van der Waals surface area contributed by atoms with Gasteiger partial charge in [0.2, 0.25) is 29.5 Å². The van der Waals surface area contributed by atoms with Gasteiger partial charge in [-0.1, -0.05) is 73.4 Å². The van der Waals surface area contributed by atoms with E-state index in [1.54, 1.807) is 19.1 Å². The zero-order chi connectivity index (χ0) is 35.0. The molecule has 5 amide bonds. The van der Waals surface area contributed by atoms with Crippen LogP contribution in [0.15, 0.2) is 24.3 Å². The van der Waals surface area contributed by atoms with Gasteiger partial charge >= 0.3 is 0 Å². The van der Waals surface area contributed by atoms with E-state index in [9.17, 15) is 34.2 Å². The summed E-state index contributed by atoms with van der Waals surface area (Å²) >= 11 is 0. The van der Waals surface area contributed by atoms with E-state index in [0.29, 0.717) is 37.8 Å². The Labute approximate surface area is 274 Å². The number of phenolic OH excluding ortho intramolecular Hbond substituents is 1. The van der Waals surface area contributed by atoms with Gasteiger partial charge in [-0.25, -0.2) is 0 Å². The number of phenols is 1. The van der Waals surface area contributed by atoms with Gasteiger partial charge in [0.15, 0.2) is 0 Å². The Kier molecular flexibility index (Phi) is 17.9. The molecule has 46 heavy (non-hydrogen) atoms. The number of rotatable bonds is 20. The van der Waals surface area contributed by atoms with Gasteiger partial charge in [0.05, 0.1) is 25.0 Å². The number of likely N-dealkylation sites (N-methyl/N-ethyl adjacent to an activating group) is 1. The average Bonchev–Trinajstić information content (AvgIpc) is 2.97. The van der Waals surface area contributed by atoms with E-state index >= 15 is 0 Å². The zero-order valence-electron chi connectivity index (χ0n) is 28.8. The topological polar surface area (TPSA) is 186 Å². The van der Waals surface area contributed by atoms with Crippen molar-refractivity contribution in [2.24, 2.45) is 17.8 Å². The Morgan fingerprint density at radius 2 is 1.46 bits per heavy atom. The van der Waals surface area contributed by atoms with E-state index in [1.165, 1.54) is 12.1 Å². The predicted octanol–water partition coefficient (Wildman–Crippen LogP) is 2.31. The van der Waals surface area contributed by atoms with Crippen molar-refractivity contribution < 1.29 is 34.2 Å². The molecule has 0 heterocycles. The zero-order valence-corrected chi connectivity index (χ0v) is 28.8. The lowest BCUT2D eigenvalue weighted by Crippen LogP contribution is -2.58. The molecule has 0 aliphatic carbocycles. The smallest absolute Gasteiger partial charge is 0.243 e.